The number of nitrogens with zero attached hydrogens (tertiary/aromatic N) is 1. The molecule has 0 saturated carbocycles. The standard InChI is InChI=1S/C17H11Cl2NO/c18-13-8-12-15(9-14(13)19)20-17-11(6-7-21-17)16(12)10-4-2-1-3-5-10/h1-5,8-9H,6-7H2. The molecule has 0 spiro atoms. The lowest BCUT2D eigenvalue weighted by Gasteiger charge is -2.12. The van der Waals surface area contributed by atoms with Crippen molar-refractivity contribution in [2.24, 2.45) is 0 Å². The van der Waals surface area contributed by atoms with Crippen molar-refractivity contribution in [3.05, 3.63) is 58.1 Å². The van der Waals surface area contributed by atoms with Crippen LogP contribution in [0.25, 0.3) is 22.0 Å². The second-order valence-electron chi connectivity index (χ2n) is 5.02. The Kier molecular flexibility index (Phi) is 3.02. The minimum atomic E-state index is 0.508. The van der Waals surface area contributed by atoms with Crippen LogP contribution in [-0.4, -0.2) is 11.6 Å². The van der Waals surface area contributed by atoms with Gasteiger partial charge in [0.15, 0.2) is 0 Å². The summed E-state index contributed by atoms with van der Waals surface area (Å²) in [5.74, 6) is 0.708. The van der Waals surface area contributed by atoms with Crippen LogP contribution >= 0.6 is 23.2 Å². The largest absolute Gasteiger partial charge is 0.477 e. The molecule has 1 aliphatic heterocycles. The van der Waals surface area contributed by atoms with Gasteiger partial charge in [0.1, 0.15) is 0 Å². The van der Waals surface area contributed by atoms with Gasteiger partial charge in [-0.25, -0.2) is 4.98 Å². The molecule has 2 heterocycles. The zero-order valence-electron chi connectivity index (χ0n) is 11.1. The lowest BCUT2D eigenvalue weighted by atomic mass is 9.95. The third-order valence-corrected chi connectivity index (χ3v) is 4.47. The molecule has 4 heteroatoms. The number of ether oxygens (including phenoxy) is 1. The van der Waals surface area contributed by atoms with Gasteiger partial charge in [-0.1, -0.05) is 53.5 Å². The molecule has 2 nitrogen and oxygen atoms in total. The zero-order valence-corrected chi connectivity index (χ0v) is 12.6. The van der Waals surface area contributed by atoms with E-state index in [0.29, 0.717) is 22.5 Å². The highest BCUT2D eigenvalue weighted by Crippen LogP contribution is 2.41. The van der Waals surface area contributed by atoms with Crippen LogP contribution in [-0.2, 0) is 6.42 Å². The van der Waals surface area contributed by atoms with E-state index in [1.165, 1.54) is 0 Å². The molecule has 1 aromatic heterocycles. The third kappa shape index (κ3) is 2.06. The van der Waals surface area contributed by atoms with Gasteiger partial charge >= 0.3 is 0 Å². The van der Waals surface area contributed by atoms with E-state index in [4.69, 9.17) is 27.9 Å². The van der Waals surface area contributed by atoms with E-state index in [-0.39, 0.29) is 0 Å². The van der Waals surface area contributed by atoms with Gasteiger partial charge in [-0.05, 0) is 23.3 Å². The van der Waals surface area contributed by atoms with Crippen LogP contribution in [0, 0.1) is 0 Å². The summed E-state index contributed by atoms with van der Waals surface area (Å²) >= 11 is 12.3. The number of halogens is 2. The molecule has 0 aliphatic carbocycles. The van der Waals surface area contributed by atoms with Gasteiger partial charge in [-0.2, -0.15) is 0 Å². The summed E-state index contributed by atoms with van der Waals surface area (Å²) in [6.45, 7) is 0.667. The maximum Gasteiger partial charge on any atom is 0.217 e. The lowest BCUT2D eigenvalue weighted by Crippen LogP contribution is -1.92. The first kappa shape index (κ1) is 12.9. The normalized spacial score (nSPS) is 13.2. The number of pyridine rings is 1. The second kappa shape index (κ2) is 4.90. The summed E-state index contributed by atoms with van der Waals surface area (Å²) in [7, 11) is 0. The highest BCUT2D eigenvalue weighted by Gasteiger charge is 2.22. The summed E-state index contributed by atoms with van der Waals surface area (Å²) in [5, 5.41) is 2.07. The molecule has 104 valence electrons. The van der Waals surface area contributed by atoms with Crippen molar-refractivity contribution < 1.29 is 4.74 Å². The van der Waals surface area contributed by atoms with Crippen molar-refractivity contribution in [3.63, 3.8) is 0 Å². The van der Waals surface area contributed by atoms with Crippen LogP contribution in [0.1, 0.15) is 5.56 Å². The summed E-state index contributed by atoms with van der Waals surface area (Å²) in [6, 6.07) is 13.9. The van der Waals surface area contributed by atoms with Crippen molar-refractivity contribution in [1.82, 2.24) is 4.98 Å². The highest BCUT2D eigenvalue weighted by atomic mass is 35.5. The Morgan fingerprint density at radius 2 is 1.76 bits per heavy atom. The van der Waals surface area contributed by atoms with E-state index in [2.05, 4.69) is 17.1 Å². The maximum absolute atomic E-state index is 6.21. The van der Waals surface area contributed by atoms with Crippen LogP contribution in [0.15, 0.2) is 42.5 Å². The molecular formula is C17H11Cl2NO. The minimum Gasteiger partial charge on any atom is -0.477 e. The Labute approximate surface area is 132 Å². The van der Waals surface area contributed by atoms with Gasteiger partial charge in [-0.3, -0.25) is 0 Å². The van der Waals surface area contributed by atoms with E-state index in [9.17, 15) is 0 Å². The first-order valence-electron chi connectivity index (χ1n) is 6.74. The Hall–Kier alpha value is -1.77. The molecule has 2 aromatic carbocycles. The van der Waals surface area contributed by atoms with Crippen molar-refractivity contribution >= 4 is 34.1 Å². The molecular weight excluding hydrogens is 305 g/mol. The van der Waals surface area contributed by atoms with Gasteiger partial charge in [0, 0.05) is 17.4 Å². The Morgan fingerprint density at radius 3 is 2.57 bits per heavy atom. The molecule has 0 bridgehead atoms. The van der Waals surface area contributed by atoms with Crippen LogP contribution in [0.2, 0.25) is 10.0 Å². The highest BCUT2D eigenvalue weighted by molar-refractivity contribution is 6.42. The second-order valence-corrected chi connectivity index (χ2v) is 5.83. The van der Waals surface area contributed by atoms with Crippen molar-refractivity contribution in [2.75, 3.05) is 6.61 Å². The quantitative estimate of drug-likeness (QED) is 0.620. The fraction of sp³-hybridized carbons (Fsp3) is 0.118. The average molecular weight is 316 g/mol. The predicted molar refractivity (Wildman–Crippen MR) is 86.4 cm³/mol. The summed E-state index contributed by atoms with van der Waals surface area (Å²) in [4.78, 5) is 4.58. The zero-order chi connectivity index (χ0) is 14.4. The Bertz CT molecular complexity index is 847. The van der Waals surface area contributed by atoms with Gasteiger partial charge in [0.2, 0.25) is 5.88 Å². The Morgan fingerprint density at radius 1 is 1.00 bits per heavy atom. The molecule has 1 aliphatic rings. The average Bonchev–Trinajstić information content (AvgIpc) is 2.95. The number of hydrogen-bond acceptors (Lipinski definition) is 2. The molecule has 0 unspecified atom stereocenters. The topological polar surface area (TPSA) is 22.1 Å². The van der Waals surface area contributed by atoms with Crippen LogP contribution in [0.5, 0.6) is 5.88 Å². The van der Waals surface area contributed by atoms with E-state index in [1.807, 2.05) is 24.3 Å². The van der Waals surface area contributed by atoms with E-state index >= 15 is 0 Å². The predicted octanol–water partition coefficient (Wildman–Crippen LogP) is 5.14. The molecule has 0 saturated heterocycles. The van der Waals surface area contributed by atoms with E-state index in [0.717, 1.165) is 34.0 Å². The fourth-order valence-electron chi connectivity index (χ4n) is 2.81. The first-order chi connectivity index (χ1) is 10.2. The SMILES string of the molecule is Clc1cc2nc3c(c(-c4ccccc4)c2cc1Cl)CCO3. The summed E-state index contributed by atoms with van der Waals surface area (Å²) in [6.07, 6.45) is 0.864. The molecule has 4 rings (SSSR count). The number of hydrogen-bond donors (Lipinski definition) is 0. The molecule has 21 heavy (non-hydrogen) atoms. The molecule has 0 atom stereocenters. The molecule has 3 aromatic rings. The van der Waals surface area contributed by atoms with Crippen molar-refractivity contribution in [1.29, 1.82) is 0 Å². The van der Waals surface area contributed by atoms with Gasteiger partial charge in [0.25, 0.3) is 0 Å². The maximum atomic E-state index is 6.21. The fourth-order valence-corrected chi connectivity index (χ4v) is 3.13. The van der Waals surface area contributed by atoms with Crippen LogP contribution < -0.4 is 4.74 Å². The molecule has 0 amide bonds. The number of fused-ring (bicyclic) bond motifs is 2. The van der Waals surface area contributed by atoms with Crippen molar-refractivity contribution in [3.8, 4) is 17.0 Å². The van der Waals surface area contributed by atoms with Crippen LogP contribution in [0.4, 0.5) is 0 Å². The number of rotatable bonds is 1. The van der Waals surface area contributed by atoms with Gasteiger partial charge in [-0.15, -0.1) is 0 Å². The number of benzene rings is 2. The van der Waals surface area contributed by atoms with Crippen LogP contribution in [0.3, 0.4) is 0 Å². The first-order valence-corrected chi connectivity index (χ1v) is 7.49. The molecule has 0 radical (unpaired) electrons. The van der Waals surface area contributed by atoms with Gasteiger partial charge < -0.3 is 4.74 Å². The van der Waals surface area contributed by atoms with Crippen molar-refractivity contribution in [2.45, 2.75) is 6.42 Å². The Balaban J connectivity index is 2.14. The summed E-state index contributed by atoms with van der Waals surface area (Å²) < 4.78 is 5.65. The smallest absolute Gasteiger partial charge is 0.217 e. The van der Waals surface area contributed by atoms with Gasteiger partial charge in [0.05, 0.1) is 22.2 Å². The molecule has 0 N–H and O–H groups in total. The monoisotopic (exact) mass is 315 g/mol. The lowest BCUT2D eigenvalue weighted by molar-refractivity contribution is 0.346. The third-order valence-electron chi connectivity index (χ3n) is 3.74. The molecule has 0 fully saturated rings. The van der Waals surface area contributed by atoms with E-state index < -0.39 is 0 Å². The number of aromatic nitrogens is 1. The minimum absolute atomic E-state index is 0.508. The van der Waals surface area contributed by atoms with E-state index in [1.54, 1.807) is 6.07 Å². The summed E-state index contributed by atoms with van der Waals surface area (Å²) in [5.41, 5.74) is 4.24.